The van der Waals surface area contributed by atoms with Crippen LogP contribution in [0, 0.1) is 5.82 Å². The van der Waals surface area contributed by atoms with Gasteiger partial charge in [0.2, 0.25) is 0 Å². The second-order valence-electron chi connectivity index (χ2n) is 3.45. The van der Waals surface area contributed by atoms with E-state index in [-0.39, 0.29) is 5.56 Å². The molecule has 0 amide bonds. The molecule has 0 aliphatic rings. The van der Waals surface area contributed by atoms with Crippen LogP contribution in [-0.2, 0) is 17.4 Å². The first-order valence-electron chi connectivity index (χ1n) is 4.56. The van der Waals surface area contributed by atoms with Gasteiger partial charge in [0, 0.05) is 6.42 Å². The molecule has 1 aromatic rings. The Kier molecular flexibility index (Phi) is 3.72. The van der Waals surface area contributed by atoms with Crippen molar-refractivity contribution in [2.45, 2.75) is 18.6 Å². The smallest absolute Gasteiger partial charge is 0.416 e. The summed E-state index contributed by atoms with van der Waals surface area (Å²) in [5, 5.41) is 8.49. The maximum atomic E-state index is 13.2. The third-order valence-electron chi connectivity index (χ3n) is 2.13. The summed E-state index contributed by atoms with van der Waals surface area (Å²) >= 11 is 0. The Morgan fingerprint density at radius 3 is 2.47 bits per heavy atom. The maximum Gasteiger partial charge on any atom is 0.416 e. The molecule has 0 heterocycles. The number of hydrogen-bond donors (Lipinski definition) is 2. The van der Waals surface area contributed by atoms with Gasteiger partial charge in [-0.25, -0.2) is 4.39 Å². The van der Waals surface area contributed by atoms with Gasteiger partial charge in [0.25, 0.3) is 0 Å². The number of halogens is 4. The van der Waals surface area contributed by atoms with Gasteiger partial charge in [-0.1, -0.05) is 0 Å². The van der Waals surface area contributed by atoms with Crippen LogP contribution in [-0.4, -0.2) is 17.1 Å². The predicted octanol–water partition coefficient (Wildman–Crippen LogP) is 1.80. The number of carboxylic acids is 1. The van der Waals surface area contributed by atoms with Crippen molar-refractivity contribution in [3.63, 3.8) is 0 Å². The fraction of sp³-hybridized carbons (Fsp3) is 0.300. The quantitative estimate of drug-likeness (QED) is 0.805. The van der Waals surface area contributed by atoms with Gasteiger partial charge in [-0.15, -0.1) is 0 Å². The number of benzene rings is 1. The Bertz CT molecular complexity index is 431. The summed E-state index contributed by atoms with van der Waals surface area (Å²) in [4.78, 5) is 10.4. The number of aliphatic carboxylic acids is 1. The predicted molar refractivity (Wildman–Crippen MR) is 50.7 cm³/mol. The van der Waals surface area contributed by atoms with E-state index in [2.05, 4.69) is 0 Å². The number of rotatable bonds is 3. The molecule has 1 aromatic carbocycles. The van der Waals surface area contributed by atoms with Gasteiger partial charge in [0.05, 0.1) is 5.56 Å². The molecule has 7 heteroatoms. The summed E-state index contributed by atoms with van der Waals surface area (Å²) in [6.45, 7) is 0. The summed E-state index contributed by atoms with van der Waals surface area (Å²) in [7, 11) is 0. The lowest BCUT2D eigenvalue weighted by Gasteiger charge is -2.11. The average molecular weight is 251 g/mol. The van der Waals surface area contributed by atoms with Crippen LogP contribution in [0.2, 0.25) is 0 Å². The Morgan fingerprint density at radius 1 is 1.41 bits per heavy atom. The molecule has 0 bridgehead atoms. The molecule has 17 heavy (non-hydrogen) atoms. The first-order valence-corrected chi connectivity index (χ1v) is 4.56. The number of alkyl halides is 3. The lowest BCUT2D eigenvalue weighted by atomic mass is 10.0. The average Bonchev–Trinajstić information content (AvgIpc) is 2.19. The van der Waals surface area contributed by atoms with E-state index in [4.69, 9.17) is 10.8 Å². The van der Waals surface area contributed by atoms with Gasteiger partial charge in [0.1, 0.15) is 11.9 Å². The minimum atomic E-state index is -4.60. The molecule has 0 aliphatic heterocycles. The Labute approximate surface area is 93.8 Å². The molecule has 1 rings (SSSR count). The highest BCUT2D eigenvalue weighted by atomic mass is 19.4. The van der Waals surface area contributed by atoms with Crippen molar-refractivity contribution in [1.82, 2.24) is 0 Å². The van der Waals surface area contributed by atoms with E-state index in [0.717, 1.165) is 0 Å². The number of hydrogen-bond acceptors (Lipinski definition) is 2. The van der Waals surface area contributed by atoms with E-state index in [0.29, 0.717) is 18.2 Å². The summed E-state index contributed by atoms with van der Waals surface area (Å²) in [5.41, 5.74) is 3.73. The second-order valence-corrected chi connectivity index (χ2v) is 3.45. The van der Waals surface area contributed by atoms with Crippen LogP contribution in [0.3, 0.4) is 0 Å². The fourth-order valence-electron chi connectivity index (χ4n) is 1.23. The molecule has 0 aliphatic carbocycles. The summed E-state index contributed by atoms with van der Waals surface area (Å²) in [6.07, 6.45) is -5.10. The van der Waals surface area contributed by atoms with Gasteiger partial charge in [-0.2, -0.15) is 13.2 Å². The van der Waals surface area contributed by atoms with Crippen LogP contribution in [0.5, 0.6) is 0 Å². The zero-order valence-electron chi connectivity index (χ0n) is 8.46. The van der Waals surface area contributed by atoms with E-state index in [1.54, 1.807) is 0 Å². The topological polar surface area (TPSA) is 63.3 Å². The zero-order chi connectivity index (χ0) is 13.2. The van der Waals surface area contributed by atoms with Crippen LogP contribution in [0.4, 0.5) is 17.6 Å². The standard InChI is InChI=1S/C10H9F4NO2/c11-7-2-1-6(10(12,13)14)3-5(7)4-8(15)9(16)17/h1-3,8H,4,15H2,(H,16,17). The normalized spacial score (nSPS) is 13.5. The molecule has 0 spiro atoms. The molecule has 94 valence electrons. The summed E-state index contributed by atoms with van der Waals surface area (Å²) in [6, 6.07) is 0.365. The zero-order valence-corrected chi connectivity index (χ0v) is 8.46. The third-order valence-corrected chi connectivity index (χ3v) is 2.13. The molecule has 0 saturated carbocycles. The highest BCUT2D eigenvalue weighted by Crippen LogP contribution is 2.30. The summed E-state index contributed by atoms with van der Waals surface area (Å²) < 4.78 is 50.1. The van der Waals surface area contributed by atoms with E-state index < -0.39 is 36.0 Å². The van der Waals surface area contributed by atoms with Crippen molar-refractivity contribution < 1.29 is 27.5 Å². The van der Waals surface area contributed by atoms with Crippen molar-refractivity contribution in [2.24, 2.45) is 5.73 Å². The van der Waals surface area contributed by atoms with Crippen molar-refractivity contribution >= 4 is 5.97 Å². The Hall–Kier alpha value is -1.63. The first-order chi connectivity index (χ1) is 7.71. The van der Waals surface area contributed by atoms with Crippen LogP contribution in [0.15, 0.2) is 18.2 Å². The molecule has 3 N–H and O–H groups in total. The van der Waals surface area contributed by atoms with Crippen molar-refractivity contribution in [3.05, 3.63) is 35.1 Å². The van der Waals surface area contributed by atoms with E-state index in [1.165, 1.54) is 0 Å². The van der Waals surface area contributed by atoms with E-state index >= 15 is 0 Å². The lowest BCUT2D eigenvalue weighted by molar-refractivity contribution is -0.138. The Morgan fingerprint density at radius 2 is 2.00 bits per heavy atom. The lowest BCUT2D eigenvalue weighted by Crippen LogP contribution is -2.32. The number of carbonyl (C=O) groups is 1. The molecule has 0 saturated heterocycles. The molecule has 0 fully saturated rings. The second kappa shape index (κ2) is 4.70. The Balaban J connectivity index is 3.03. The van der Waals surface area contributed by atoms with Gasteiger partial charge in [-0.3, -0.25) is 4.79 Å². The van der Waals surface area contributed by atoms with Crippen LogP contribution in [0.1, 0.15) is 11.1 Å². The third kappa shape index (κ3) is 3.42. The highest BCUT2D eigenvalue weighted by Gasteiger charge is 2.31. The molecule has 0 radical (unpaired) electrons. The van der Waals surface area contributed by atoms with Gasteiger partial charge < -0.3 is 10.8 Å². The minimum Gasteiger partial charge on any atom is -0.480 e. The van der Waals surface area contributed by atoms with Crippen molar-refractivity contribution in [2.75, 3.05) is 0 Å². The monoisotopic (exact) mass is 251 g/mol. The first kappa shape index (κ1) is 13.4. The largest absolute Gasteiger partial charge is 0.480 e. The van der Waals surface area contributed by atoms with Gasteiger partial charge in [0.15, 0.2) is 0 Å². The van der Waals surface area contributed by atoms with Gasteiger partial charge >= 0.3 is 12.1 Å². The number of carboxylic acid groups (broad SMARTS) is 1. The summed E-state index contributed by atoms with van der Waals surface area (Å²) in [5.74, 6) is -2.31. The molecule has 0 aromatic heterocycles. The molecule has 1 atom stereocenters. The molecular formula is C10H9F4NO2. The fourth-order valence-corrected chi connectivity index (χ4v) is 1.23. The molecule has 3 nitrogen and oxygen atoms in total. The molecular weight excluding hydrogens is 242 g/mol. The SMILES string of the molecule is NC(Cc1cc(C(F)(F)F)ccc1F)C(=O)O. The van der Waals surface area contributed by atoms with Crippen LogP contribution >= 0.6 is 0 Å². The maximum absolute atomic E-state index is 13.2. The van der Waals surface area contributed by atoms with Crippen molar-refractivity contribution in [1.29, 1.82) is 0 Å². The molecule has 1 unspecified atom stereocenters. The highest BCUT2D eigenvalue weighted by molar-refractivity contribution is 5.73. The van der Waals surface area contributed by atoms with E-state index in [1.807, 2.05) is 0 Å². The van der Waals surface area contributed by atoms with E-state index in [9.17, 15) is 22.4 Å². The van der Waals surface area contributed by atoms with Gasteiger partial charge in [-0.05, 0) is 23.8 Å². The van der Waals surface area contributed by atoms with Crippen LogP contribution in [0.25, 0.3) is 0 Å². The van der Waals surface area contributed by atoms with Crippen LogP contribution < -0.4 is 5.73 Å². The minimum absolute atomic E-state index is 0.366. The van der Waals surface area contributed by atoms with Crippen molar-refractivity contribution in [3.8, 4) is 0 Å². The number of nitrogens with two attached hydrogens (primary N) is 1.